The van der Waals surface area contributed by atoms with Gasteiger partial charge in [0.15, 0.2) is 0 Å². The van der Waals surface area contributed by atoms with E-state index in [1.807, 2.05) is 0 Å². The van der Waals surface area contributed by atoms with E-state index in [1.165, 1.54) is 11.1 Å². The van der Waals surface area contributed by atoms with Gasteiger partial charge in [0.2, 0.25) is 5.95 Å². The van der Waals surface area contributed by atoms with Crippen molar-refractivity contribution in [3.8, 4) is 0 Å². The van der Waals surface area contributed by atoms with Crippen molar-refractivity contribution in [2.75, 3.05) is 17.2 Å². The maximum atomic E-state index is 5.72. The third-order valence-corrected chi connectivity index (χ3v) is 3.30. The first-order chi connectivity index (χ1) is 8.83. The fraction of sp³-hybridized carbons (Fsp3) is 0.286. The summed E-state index contributed by atoms with van der Waals surface area (Å²) in [6, 6.07) is 10.3. The number of aryl methyl sites for hydroxylation is 1. The summed E-state index contributed by atoms with van der Waals surface area (Å²) in [5.74, 6) is 1.25. The number of rotatable bonds is 1. The largest absolute Gasteiger partial charge is 0.384 e. The van der Waals surface area contributed by atoms with Crippen molar-refractivity contribution in [2.45, 2.75) is 19.4 Å². The van der Waals surface area contributed by atoms with Gasteiger partial charge in [0.05, 0.1) is 0 Å². The molecule has 0 radical (unpaired) electrons. The molecule has 0 bridgehead atoms. The van der Waals surface area contributed by atoms with Crippen LogP contribution in [0, 0.1) is 0 Å². The first-order valence-corrected chi connectivity index (χ1v) is 6.23. The van der Waals surface area contributed by atoms with E-state index >= 15 is 0 Å². The van der Waals surface area contributed by atoms with Gasteiger partial charge >= 0.3 is 0 Å². The first kappa shape index (κ1) is 11.0. The third-order valence-electron chi connectivity index (χ3n) is 3.30. The average Bonchev–Trinajstić information content (AvgIpc) is 2.60. The lowest BCUT2D eigenvalue weighted by Crippen LogP contribution is -2.24. The van der Waals surface area contributed by atoms with Crippen LogP contribution in [0.25, 0.3) is 0 Å². The van der Waals surface area contributed by atoms with Gasteiger partial charge < -0.3 is 10.6 Å². The minimum Gasteiger partial charge on any atom is -0.384 e. The summed E-state index contributed by atoms with van der Waals surface area (Å²) >= 11 is 0. The zero-order chi connectivity index (χ0) is 12.4. The number of aromatic nitrogens is 2. The molecule has 2 N–H and O–H groups in total. The number of anilines is 2. The standard InChI is InChI=1S/C14H16N4/c15-13-7-8-16-14(17-13)18-9-3-6-11-4-1-2-5-12(11)10-18/h1-2,4-5,7-8H,3,6,9-10H2,(H2,15,16,17). The Morgan fingerprint density at radius 1 is 1.11 bits per heavy atom. The molecule has 2 heterocycles. The van der Waals surface area contributed by atoms with E-state index in [-0.39, 0.29) is 0 Å². The van der Waals surface area contributed by atoms with Crippen LogP contribution in [0.3, 0.4) is 0 Å². The summed E-state index contributed by atoms with van der Waals surface area (Å²) in [6.07, 6.45) is 3.96. The van der Waals surface area contributed by atoms with Crippen LogP contribution in [0.5, 0.6) is 0 Å². The van der Waals surface area contributed by atoms with Gasteiger partial charge in [-0.1, -0.05) is 24.3 Å². The lowest BCUT2D eigenvalue weighted by molar-refractivity contribution is 0.741. The summed E-state index contributed by atoms with van der Waals surface area (Å²) in [5, 5.41) is 0. The number of benzene rings is 1. The van der Waals surface area contributed by atoms with Crippen molar-refractivity contribution in [3.05, 3.63) is 47.7 Å². The molecule has 2 aromatic rings. The van der Waals surface area contributed by atoms with Crippen LogP contribution in [0.1, 0.15) is 17.5 Å². The van der Waals surface area contributed by atoms with Crippen molar-refractivity contribution >= 4 is 11.8 Å². The minimum atomic E-state index is 0.525. The molecule has 0 saturated heterocycles. The molecule has 0 aliphatic carbocycles. The lowest BCUT2D eigenvalue weighted by atomic mass is 10.0. The van der Waals surface area contributed by atoms with E-state index in [1.54, 1.807) is 12.3 Å². The van der Waals surface area contributed by atoms with Crippen molar-refractivity contribution < 1.29 is 0 Å². The topological polar surface area (TPSA) is 55.0 Å². The summed E-state index contributed by atoms with van der Waals surface area (Å²) in [6.45, 7) is 1.83. The molecule has 0 fully saturated rings. The summed E-state index contributed by atoms with van der Waals surface area (Å²) < 4.78 is 0. The zero-order valence-corrected chi connectivity index (χ0v) is 10.2. The van der Waals surface area contributed by atoms with E-state index in [0.717, 1.165) is 31.9 Å². The number of nitrogen functional groups attached to an aromatic ring is 1. The molecule has 1 aliphatic heterocycles. The van der Waals surface area contributed by atoms with Gasteiger partial charge in [-0.25, -0.2) is 4.98 Å². The number of hydrogen-bond acceptors (Lipinski definition) is 4. The van der Waals surface area contributed by atoms with E-state index in [0.29, 0.717) is 5.82 Å². The Balaban J connectivity index is 1.91. The van der Waals surface area contributed by atoms with Gasteiger partial charge in [0, 0.05) is 19.3 Å². The Morgan fingerprint density at radius 3 is 2.78 bits per heavy atom. The molecule has 92 valence electrons. The molecule has 4 heteroatoms. The Hall–Kier alpha value is -2.10. The normalized spacial score (nSPS) is 15.0. The third kappa shape index (κ3) is 2.14. The average molecular weight is 240 g/mol. The van der Waals surface area contributed by atoms with E-state index in [2.05, 4.69) is 39.1 Å². The van der Waals surface area contributed by atoms with Crippen LogP contribution in [-0.2, 0) is 13.0 Å². The molecule has 0 saturated carbocycles. The second-order valence-electron chi connectivity index (χ2n) is 4.58. The van der Waals surface area contributed by atoms with Crippen LogP contribution in [0.2, 0.25) is 0 Å². The van der Waals surface area contributed by atoms with Gasteiger partial charge in [0.1, 0.15) is 5.82 Å². The molecule has 0 atom stereocenters. The van der Waals surface area contributed by atoms with Crippen LogP contribution in [0.15, 0.2) is 36.5 Å². The molecular weight excluding hydrogens is 224 g/mol. The molecule has 0 amide bonds. The lowest BCUT2D eigenvalue weighted by Gasteiger charge is -2.20. The van der Waals surface area contributed by atoms with Crippen LogP contribution in [-0.4, -0.2) is 16.5 Å². The summed E-state index contributed by atoms with van der Waals surface area (Å²) in [7, 11) is 0. The van der Waals surface area contributed by atoms with Gasteiger partial charge in [-0.15, -0.1) is 0 Å². The second kappa shape index (κ2) is 4.64. The van der Waals surface area contributed by atoms with Crippen molar-refractivity contribution in [3.63, 3.8) is 0 Å². The Labute approximate surface area is 106 Å². The van der Waals surface area contributed by atoms with E-state index in [9.17, 15) is 0 Å². The number of hydrogen-bond donors (Lipinski definition) is 1. The molecular formula is C14H16N4. The summed E-state index contributed by atoms with van der Waals surface area (Å²) in [5.41, 5.74) is 8.52. The summed E-state index contributed by atoms with van der Waals surface area (Å²) in [4.78, 5) is 10.8. The molecule has 1 aliphatic rings. The molecule has 0 unspecified atom stereocenters. The highest BCUT2D eigenvalue weighted by molar-refractivity contribution is 5.41. The quantitative estimate of drug-likeness (QED) is 0.828. The Bertz CT molecular complexity index is 553. The zero-order valence-electron chi connectivity index (χ0n) is 10.2. The van der Waals surface area contributed by atoms with E-state index in [4.69, 9.17) is 5.73 Å². The Kier molecular flexibility index (Phi) is 2.84. The number of fused-ring (bicyclic) bond motifs is 1. The molecule has 4 nitrogen and oxygen atoms in total. The van der Waals surface area contributed by atoms with Crippen molar-refractivity contribution in [1.29, 1.82) is 0 Å². The van der Waals surface area contributed by atoms with Crippen molar-refractivity contribution in [1.82, 2.24) is 9.97 Å². The maximum absolute atomic E-state index is 5.72. The molecule has 1 aromatic carbocycles. The van der Waals surface area contributed by atoms with Gasteiger partial charge in [-0.2, -0.15) is 4.98 Å². The Morgan fingerprint density at radius 2 is 1.94 bits per heavy atom. The second-order valence-corrected chi connectivity index (χ2v) is 4.58. The van der Waals surface area contributed by atoms with Gasteiger partial charge in [-0.3, -0.25) is 0 Å². The highest BCUT2D eigenvalue weighted by Gasteiger charge is 2.16. The fourth-order valence-electron chi connectivity index (χ4n) is 2.39. The van der Waals surface area contributed by atoms with Gasteiger partial charge in [-0.05, 0) is 30.0 Å². The molecule has 18 heavy (non-hydrogen) atoms. The van der Waals surface area contributed by atoms with Crippen molar-refractivity contribution in [2.24, 2.45) is 0 Å². The highest BCUT2D eigenvalue weighted by Crippen LogP contribution is 2.21. The fourth-order valence-corrected chi connectivity index (χ4v) is 2.39. The smallest absolute Gasteiger partial charge is 0.227 e. The van der Waals surface area contributed by atoms with E-state index < -0.39 is 0 Å². The first-order valence-electron chi connectivity index (χ1n) is 6.23. The van der Waals surface area contributed by atoms with Crippen LogP contribution in [0.4, 0.5) is 11.8 Å². The van der Waals surface area contributed by atoms with Crippen LogP contribution < -0.4 is 10.6 Å². The number of nitrogens with zero attached hydrogens (tertiary/aromatic N) is 3. The predicted octanol–water partition coefficient (Wildman–Crippen LogP) is 2.01. The maximum Gasteiger partial charge on any atom is 0.227 e. The molecule has 3 rings (SSSR count). The van der Waals surface area contributed by atoms with Crippen LogP contribution >= 0.6 is 0 Å². The molecule has 1 aromatic heterocycles. The number of nitrogens with two attached hydrogens (primary N) is 1. The molecule has 0 spiro atoms. The van der Waals surface area contributed by atoms with Gasteiger partial charge in [0.25, 0.3) is 0 Å². The monoisotopic (exact) mass is 240 g/mol. The highest BCUT2D eigenvalue weighted by atomic mass is 15.3. The SMILES string of the molecule is Nc1ccnc(N2CCCc3ccccc3C2)n1. The minimum absolute atomic E-state index is 0.525. The predicted molar refractivity (Wildman–Crippen MR) is 72.3 cm³/mol.